The molecule has 0 N–H and O–H groups in total. The molecule has 2 aromatic rings. The van der Waals surface area contributed by atoms with E-state index >= 15 is 0 Å². The lowest BCUT2D eigenvalue weighted by Gasteiger charge is -2.20. The summed E-state index contributed by atoms with van der Waals surface area (Å²) in [5.41, 5.74) is 1.15. The summed E-state index contributed by atoms with van der Waals surface area (Å²) in [6.07, 6.45) is 3.27. The van der Waals surface area contributed by atoms with Crippen molar-refractivity contribution >= 4 is 23.2 Å². The summed E-state index contributed by atoms with van der Waals surface area (Å²) in [6.45, 7) is 7.80. The molecule has 0 radical (unpaired) electrons. The molecule has 2 heterocycles. The standard InChI is InChI=1S/C22H27ClN2O3/c1-4-27-20-12-21(23)22(24-13-20)25-10-9-19(14-25)28-18-7-5-17(6-8-18)15(2)11-16(3)26/h5-8,12-13,15,19H,4,9-11,14H2,1-3H3/t15-,19?/m1/s1. The molecular formula is C22H27ClN2O3. The number of ether oxygens (including phenoxy) is 2. The van der Waals surface area contributed by atoms with Gasteiger partial charge in [-0.1, -0.05) is 30.7 Å². The van der Waals surface area contributed by atoms with Gasteiger partial charge in [0.15, 0.2) is 0 Å². The van der Waals surface area contributed by atoms with Gasteiger partial charge in [-0.2, -0.15) is 0 Å². The van der Waals surface area contributed by atoms with Gasteiger partial charge in [-0.25, -0.2) is 4.98 Å². The summed E-state index contributed by atoms with van der Waals surface area (Å²) in [7, 11) is 0. The minimum absolute atomic E-state index is 0.0879. The predicted octanol–water partition coefficient (Wildman–Crippen LogP) is 4.87. The van der Waals surface area contributed by atoms with Crippen molar-refractivity contribution in [1.82, 2.24) is 4.98 Å². The quantitative estimate of drug-likeness (QED) is 0.630. The number of benzene rings is 1. The number of ketones is 1. The topological polar surface area (TPSA) is 51.7 Å². The molecule has 0 aliphatic carbocycles. The van der Waals surface area contributed by atoms with Crippen LogP contribution in [0.1, 0.15) is 45.1 Å². The summed E-state index contributed by atoms with van der Waals surface area (Å²) in [4.78, 5) is 17.9. The van der Waals surface area contributed by atoms with Gasteiger partial charge < -0.3 is 19.2 Å². The number of anilines is 1. The normalized spacial score (nSPS) is 17.4. The van der Waals surface area contributed by atoms with E-state index < -0.39 is 0 Å². The molecule has 0 saturated carbocycles. The lowest BCUT2D eigenvalue weighted by atomic mass is 9.96. The number of Topliss-reactive ketones (excluding diaryl/α,β-unsaturated/α-hetero) is 1. The van der Waals surface area contributed by atoms with E-state index in [4.69, 9.17) is 21.1 Å². The highest BCUT2D eigenvalue weighted by atomic mass is 35.5. The lowest BCUT2D eigenvalue weighted by Crippen LogP contribution is -2.25. The van der Waals surface area contributed by atoms with Crippen molar-refractivity contribution in [2.45, 2.75) is 45.6 Å². The van der Waals surface area contributed by atoms with Crippen LogP contribution in [0.25, 0.3) is 0 Å². The molecule has 2 atom stereocenters. The molecule has 1 aliphatic rings. The highest BCUT2D eigenvalue weighted by Gasteiger charge is 2.26. The van der Waals surface area contributed by atoms with Gasteiger partial charge in [-0.05, 0) is 37.5 Å². The van der Waals surface area contributed by atoms with E-state index in [1.54, 1.807) is 13.1 Å². The van der Waals surface area contributed by atoms with Gasteiger partial charge in [-0.3, -0.25) is 0 Å². The lowest BCUT2D eigenvalue weighted by molar-refractivity contribution is -0.117. The zero-order valence-corrected chi connectivity index (χ0v) is 17.4. The molecule has 1 aromatic heterocycles. The van der Waals surface area contributed by atoms with E-state index in [9.17, 15) is 4.79 Å². The van der Waals surface area contributed by atoms with Crippen LogP contribution in [0.4, 0.5) is 5.82 Å². The number of nitrogens with zero attached hydrogens (tertiary/aromatic N) is 2. The van der Waals surface area contributed by atoms with Crippen molar-refractivity contribution in [3.63, 3.8) is 0 Å². The SMILES string of the molecule is CCOc1cnc(N2CCC(Oc3ccc([C@H](C)CC(C)=O)cc3)C2)c(Cl)c1. The van der Waals surface area contributed by atoms with Crippen molar-refractivity contribution in [2.24, 2.45) is 0 Å². The number of pyridine rings is 1. The Morgan fingerprint density at radius 2 is 2.07 bits per heavy atom. The molecule has 1 aliphatic heterocycles. The van der Waals surface area contributed by atoms with Crippen molar-refractivity contribution < 1.29 is 14.3 Å². The van der Waals surface area contributed by atoms with Crippen LogP contribution in [0.15, 0.2) is 36.5 Å². The number of aromatic nitrogens is 1. The fourth-order valence-electron chi connectivity index (χ4n) is 3.52. The molecular weight excluding hydrogens is 376 g/mol. The number of halogens is 1. The van der Waals surface area contributed by atoms with Crippen LogP contribution in [-0.4, -0.2) is 36.6 Å². The van der Waals surface area contributed by atoms with E-state index in [0.717, 1.165) is 36.6 Å². The van der Waals surface area contributed by atoms with Crippen LogP contribution in [0.3, 0.4) is 0 Å². The molecule has 0 spiro atoms. The largest absolute Gasteiger partial charge is 0.492 e. The second kappa shape index (κ2) is 9.28. The molecule has 0 bridgehead atoms. The van der Waals surface area contributed by atoms with E-state index in [-0.39, 0.29) is 17.8 Å². The maximum atomic E-state index is 11.3. The zero-order chi connectivity index (χ0) is 20.1. The van der Waals surface area contributed by atoms with Gasteiger partial charge in [0.2, 0.25) is 0 Å². The number of carbonyl (C=O) groups excluding carboxylic acids is 1. The second-order valence-electron chi connectivity index (χ2n) is 7.26. The summed E-state index contributed by atoms with van der Waals surface area (Å²) < 4.78 is 11.6. The average Bonchev–Trinajstić information content (AvgIpc) is 3.10. The number of rotatable bonds is 8. The molecule has 1 saturated heterocycles. The first kappa shape index (κ1) is 20.5. The van der Waals surface area contributed by atoms with E-state index in [1.165, 1.54) is 0 Å². The third kappa shape index (κ3) is 5.16. The van der Waals surface area contributed by atoms with Crippen molar-refractivity contribution in [1.29, 1.82) is 0 Å². The molecule has 0 amide bonds. The first-order valence-corrected chi connectivity index (χ1v) is 10.1. The Morgan fingerprint density at radius 3 is 2.71 bits per heavy atom. The monoisotopic (exact) mass is 402 g/mol. The molecule has 1 unspecified atom stereocenters. The van der Waals surface area contributed by atoms with Gasteiger partial charge in [0, 0.05) is 25.5 Å². The van der Waals surface area contributed by atoms with Crippen molar-refractivity contribution in [3.8, 4) is 11.5 Å². The average molecular weight is 403 g/mol. The van der Waals surface area contributed by atoms with Gasteiger partial charge in [0.25, 0.3) is 0 Å². The minimum atomic E-state index is 0.0879. The molecule has 1 fully saturated rings. The zero-order valence-electron chi connectivity index (χ0n) is 16.7. The van der Waals surface area contributed by atoms with Crippen LogP contribution >= 0.6 is 11.6 Å². The Hall–Kier alpha value is -2.27. The van der Waals surface area contributed by atoms with Crippen LogP contribution in [0.5, 0.6) is 11.5 Å². The minimum Gasteiger partial charge on any atom is -0.492 e. The van der Waals surface area contributed by atoms with Gasteiger partial charge in [-0.15, -0.1) is 0 Å². The predicted molar refractivity (Wildman–Crippen MR) is 112 cm³/mol. The van der Waals surface area contributed by atoms with E-state index in [0.29, 0.717) is 23.8 Å². The summed E-state index contributed by atoms with van der Waals surface area (Å²) >= 11 is 6.39. The molecule has 3 rings (SSSR count). The number of hydrogen-bond donors (Lipinski definition) is 0. The Bertz CT molecular complexity index is 810. The molecule has 5 nitrogen and oxygen atoms in total. The van der Waals surface area contributed by atoms with Crippen LogP contribution in [-0.2, 0) is 4.79 Å². The Kier molecular flexibility index (Phi) is 6.79. The van der Waals surface area contributed by atoms with Gasteiger partial charge in [0.1, 0.15) is 29.2 Å². The summed E-state index contributed by atoms with van der Waals surface area (Å²) in [5.74, 6) is 2.73. The number of hydrogen-bond acceptors (Lipinski definition) is 5. The first-order valence-electron chi connectivity index (χ1n) is 9.75. The smallest absolute Gasteiger partial charge is 0.147 e. The van der Waals surface area contributed by atoms with Crippen LogP contribution in [0, 0.1) is 0 Å². The van der Waals surface area contributed by atoms with Crippen LogP contribution < -0.4 is 14.4 Å². The van der Waals surface area contributed by atoms with E-state index in [1.807, 2.05) is 37.3 Å². The maximum absolute atomic E-state index is 11.3. The molecule has 1 aromatic carbocycles. The van der Waals surface area contributed by atoms with Gasteiger partial charge in [0.05, 0.1) is 24.4 Å². The summed E-state index contributed by atoms with van der Waals surface area (Å²) in [6, 6.07) is 9.86. The molecule has 150 valence electrons. The molecule has 28 heavy (non-hydrogen) atoms. The summed E-state index contributed by atoms with van der Waals surface area (Å²) in [5, 5.41) is 0.593. The second-order valence-corrected chi connectivity index (χ2v) is 7.67. The number of carbonyl (C=O) groups is 1. The fraction of sp³-hybridized carbons (Fsp3) is 0.455. The highest BCUT2D eigenvalue weighted by molar-refractivity contribution is 6.33. The third-order valence-corrected chi connectivity index (χ3v) is 5.18. The maximum Gasteiger partial charge on any atom is 0.147 e. The van der Waals surface area contributed by atoms with Gasteiger partial charge >= 0.3 is 0 Å². The van der Waals surface area contributed by atoms with Crippen molar-refractivity contribution in [3.05, 3.63) is 47.1 Å². The Morgan fingerprint density at radius 1 is 1.32 bits per heavy atom. The third-order valence-electron chi connectivity index (χ3n) is 4.90. The van der Waals surface area contributed by atoms with E-state index in [2.05, 4.69) is 16.8 Å². The highest BCUT2D eigenvalue weighted by Crippen LogP contribution is 2.31. The Balaban J connectivity index is 1.58. The first-order chi connectivity index (χ1) is 13.5. The van der Waals surface area contributed by atoms with Crippen LogP contribution in [0.2, 0.25) is 5.02 Å². The molecule has 6 heteroatoms. The Labute approximate surface area is 171 Å². The fourth-order valence-corrected chi connectivity index (χ4v) is 3.80. The van der Waals surface area contributed by atoms with Crippen molar-refractivity contribution in [2.75, 3.05) is 24.6 Å².